The molecule has 0 aliphatic carbocycles. The van der Waals surface area contributed by atoms with Gasteiger partial charge in [-0.2, -0.15) is 4.98 Å². The molecule has 2 aromatic carbocycles. The van der Waals surface area contributed by atoms with Crippen LogP contribution < -0.4 is 15.4 Å². The molecule has 0 bridgehead atoms. The monoisotopic (exact) mass is 483 g/mol. The van der Waals surface area contributed by atoms with Gasteiger partial charge in [-0.15, -0.1) is 4.36 Å². The van der Waals surface area contributed by atoms with Gasteiger partial charge in [0.25, 0.3) is 0 Å². The zero-order chi connectivity index (χ0) is 24.5. The van der Waals surface area contributed by atoms with Crippen LogP contribution in [0.3, 0.4) is 0 Å². The number of aromatic nitrogens is 2. The number of aliphatic hydroxyl groups is 1. The molecule has 34 heavy (non-hydrogen) atoms. The van der Waals surface area contributed by atoms with Crippen LogP contribution in [0.25, 0.3) is 11.1 Å². The summed E-state index contributed by atoms with van der Waals surface area (Å²) in [6.45, 7) is 3.88. The number of hydrogen-bond acceptors (Lipinski definition) is 8. The maximum atomic E-state index is 11.6. The van der Waals surface area contributed by atoms with Crippen molar-refractivity contribution in [2.45, 2.75) is 24.8 Å². The molecule has 180 valence electrons. The van der Waals surface area contributed by atoms with E-state index >= 15 is 0 Å². The van der Waals surface area contributed by atoms with E-state index in [0.29, 0.717) is 18.4 Å². The maximum Gasteiger partial charge on any atom is 0.439 e. The quantitative estimate of drug-likeness (QED) is 0.403. The first kappa shape index (κ1) is 25.1. The highest BCUT2D eigenvalue weighted by Crippen LogP contribution is 2.29. The largest absolute Gasteiger partial charge is 0.497 e. The van der Waals surface area contributed by atoms with E-state index in [-0.39, 0.29) is 12.6 Å². The SMILES string of the molecule is CCOC(=O)/N=S(\C)c1ccc(Nc2ncc(-c3ccc(OC)cc3)c(N[C@H](C)CO)n2)cc1. The number of amides is 1. The van der Waals surface area contributed by atoms with E-state index in [4.69, 9.17) is 9.47 Å². The molecule has 0 saturated carbocycles. The lowest BCUT2D eigenvalue weighted by atomic mass is 10.1. The summed E-state index contributed by atoms with van der Waals surface area (Å²) in [6, 6.07) is 15.0. The van der Waals surface area contributed by atoms with Gasteiger partial charge in [0, 0.05) is 28.4 Å². The van der Waals surface area contributed by atoms with Gasteiger partial charge in [-0.3, -0.25) is 0 Å². The molecule has 0 spiro atoms. The Hall–Kier alpha value is -3.50. The predicted octanol–water partition coefficient (Wildman–Crippen LogP) is 4.64. The summed E-state index contributed by atoms with van der Waals surface area (Å²) in [4.78, 5) is 21.6. The summed E-state index contributed by atoms with van der Waals surface area (Å²) in [5.41, 5.74) is 2.51. The molecule has 2 atom stereocenters. The molecule has 1 heterocycles. The molecule has 1 unspecified atom stereocenters. The second-order valence-corrected chi connectivity index (χ2v) is 8.94. The number of carbonyl (C=O) groups excluding carboxylic acids is 1. The number of anilines is 3. The van der Waals surface area contributed by atoms with Crippen molar-refractivity contribution in [1.29, 1.82) is 0 Å². The number of methoxy groups -OCH3 is 1. The predicted molar refractivity (Wildman–Crippen MR) is 135 cm³/mol. The number of ether oxygens (including phenoxy) is 2. The third-order valence-electron chi connectivity index (χ3n) is 4.78. The molecular weight excluding hydrogens is 454 g/mol. The van der Waals surface area contributed by atoms with Gasteiger partial charge in [0.15, 0.2) is 0 Å². The van der Waals surface area contributed by atoms with Crippen LogP contribution in [-0.4, -0.2) is 53.8 Å². The summed E-state index contributed by atoms with van der Waals surface area (Å²) in [5.74, 6) is 1.77. The van der Waals surface area contributed by atoms with Crippen molar-refractivity contribution >= 4 is 34.2 Å². The normalized spacial score (nSPS) is 12.6. The minimum absolute atomic E-state index is 0.0356. The molecule has 0 fully saturated rings. The molecule has 3 aromatic rings. The minimum atomic E-state index is -0.609. The molecule has 1 amide bonds. The van der Waals surface area contributed by atoms with Gasteiger partial charge in [-0.25, -0.2) is 9.78 Å². The fraction of sp³-hybridized carbons (Fsp3) is 0.292. The highest BCUT2D eigenvalue weighted by molar-refractivity contribution is 7.86. The number of nitrogens with zero attached hydrogens (tertiary/aromatic N) is 3. The van der Waals surface area contributed by atoms with Crippen LogP contribution >= 0.6 is 0 Å². The minimum Gasteiger partial charge on any atom is -0.497 e. The van der Waals surface area contributed by atoms with Crippen LogP contribution in [0, 0.1) is 0 Å². The van der Waals surface area contributed by atoms with Crippen LogP contribution in [-0.2, 0) is 15.4 Å². The first-order valence-electron chi connectivity index (χ1n) is 10.7. The van der Waals surface area contributed by atoms with Gasteiger partial charge in [-0.05, 0) is 62.1 Å². The van der Waals surface area contributed by atoms with Crippen LogP contribution in [0.15, 0.2) is 64.0 Å². The Kier molecular flexibility index (Phi) is 8.94. The molecule has 10 heteroatoms. The van der Waals surface area contributed by atoms with E-state index in [1.807, 2.05) is 61.7 Å². The zero-order valence-corrected chi connectivity index (χ0v) is 20.4. The third-order valence-corrected chi connectivity index (χ3v) is 6.15. The average molecular weight is 484 g/mol. The smallest absolute Gasteiger partial charge is 0.439 e. The number of nitrogens with one attached hydrogen (secondary N) is 2. The van der Waals surface area contributed by atoms with E-state index in [0.717, 1.165) is 27.5 Å². The summed E-state index contributed by atoms with van der Waals surface area (Å²) in [5, 5.41) is 15.9. The van der Waals surface area contributed by atoms with Gasteiger partial charge in [-0.1, -0.05) is 22.8 Å². The summed E-state index contributed by atoms with van der Waals surface area (Å²) in [7, 11) is 1.01. The third kappa shape index (κ3) is 6.75. The molecule has 1 aromatic heterocycles. The lowest BCUT2D eigenvalue weighted by Crippen LogP contribution is -2.21. The van der Waals surface area contributed by atoms with E-state index in [9.17, 15) is 9.90 Å². The van der Waals surface area contributed by atoms with Gasteiger partial charge < -0.3 is 25.2 Å². The average Bonchev–Trinajstić information content (AvgIpc) is 2.85. The van der Waals surface area contributed by atoms with Crippen LogP contribution in [0.5, 0.6) is 5.75 Å². The molecular formula is C24H29N5O4S. The standard InChI is InChI=1S/C24H29N5O4S/c1-5-33-24(31)29-34(4)20-12-8-18(9-13-20)27-23-25-14-21(22(28-23)26-16(2)15-30)17-6-10-19(32-3)11-7-17/h6-14,16,30H,5,15H2,1-4H3,(H2,25,26,27,28)/t16-,34?/m1/s1. The first-order valence-corrected chi connectivity index (χ1v) is 12.3. The van der Waals surface area contributed by atoms with Crippen molar-refractivity contribution in [2.75, 3.05) is 37.2 Å². The molecule has 3 N–H and O–H groups in total. The Morgan fingerprint density at radius 2 is 1.88 bits per heavy atom. The van der Waals surface area contributed by atoms with Crippen molar-refractivity contribution in [3.63, 3.8) is 0 Å². The maximum absolute atomic E-state index is 11.6. The van der Waals surface area contributed by atoms with Gasteiger partial charge in [0.05, 0.1) is 20.3 Å². The Morgan fingerprint density at radius 1 is 1.18 bits per heavy atom. The molecule has 9 nitrogen and oxygen atoms in total. The number of carbonyl (C=O) groups is 1. The Labute approximate surface area is 201 Å². The van der Waals surface area contributed by atoms with Crippen molar-refractivity contribution in [1.82, 2.24) is 9.97 Å². The summed E-state index contributed by atoms with van der Waals surface area (Å²) < 4.78 is 14.2. The first-order chi connectivity index (χ1) is 16.4. The topological polar surface area (TPSA) is 118 Å². The number of benzene rings is 2. The molecule has 0 aliphatic rings. The number of hydrogen-bond donors (Lipinski definition) is 3. The second kappa shape index (κ2) is 12.1. The van der Waals surface area contributed by atoms with Crippen LogP contribution in [0.2, 0.25) is 0 Å². The van der Waals surface area contributed by atoms with E-state index in [2.05, 4.69) is 25.0 Å². The Balaban J connectivity index is 1.82. The van der Waals surface area contributed by atoms with Crippen molar-refractivity contribution < 1.29 is 19.4 Å². The van der Waals surface area contributed by atoms with Crippen molar-refractivity contribution in [3.05, 3.63) is 54.7 Å². The fourth-order valence-corrected chi connectivity index (χ4v) is 3.90. The molecule has 0 aliphatic heterocycles. The van der Waals surface area contributed by atoms with Gasteiger partial charge >= 0.3 is 6.09 Å². The van der Waals surface area contributed by atoms with E-state index in [1.165, 1.54) is 0 Å². The highest BCUT2D eigenvalue weighted by Gasteiger charge is 2.13. The molecule has 0 saturated heterocycles. The summed E-state index contributed by atoms with van der Waals surface area (Å²) in [6.07, 6.45) is 3.04. The summed E-state index contributed by atoms with van der Waals surface area (Å²) >= 11 is 0. The van der Waals surface area contributed by atoms with Gasteiger partial charge in [0.1, 0.15) is 11.6 Å². The van der Waals surface area contributed by atoms with E-state index in [1.54, 1.807) is 20.2 Å². The second-order valence-electron chi connectivity index (χ2n) is 7.33. The number of aliphatic hydroxyl groups excluding tert-OH is 1. The molecule has 0 radical (unpaired) electrons. The highest BCUT2D eigenvalue weighted by atomic mass is 32.2. The Morgan fingerprint density at radius 3 is 2.50 bits per heavy atom. The zero-order valence-electron chi connectivity index (χ0n) is 19.6. The lowest BCUT2D eigenvalue weighted by molar-refractivity contribution is 0.164. The fourth-order valence-electron chi connectivity index (χ4n) is 2.99. The van der Waals surface area contributed by atoms with Crippen molar-refractivity contribution in [2.24, 2.45) is 4.36 Å². The van der Waals surface area contributed by atoms with Crippen LogP contribution in [0.1, 0.15) is 13.8 Å². The van der Waals surface area contributed by atoms with Crippen LogP contribution in [0.4, 0.5) is 22.2 Å². The van der Waals surface area contributed by atoms with Crippen molar-refractivity contribution in [3.8, 4) is 16.9 Å². The molecule has 3 rings (SSSR count). The van der Waals surface area contributed by atoms with E-state index < -0.39 is 16.8 Å². The lowest BCUT2D eigenvalue weighted by Gasteiger charge is -2.17. The van der Waals surface area contributed by atoms with Gasteiger partial charge in [0.2, 0.25) is 5.95 Å². The Bertz CT molecular complexity index is 1140. The number of rotatable bonds is 9.